The number of esters is 1. The van der Waals surface area contributed by atoms with Gasteiger partial charge in [-0.1, -0.05) is 29.8 Å². The smallest absolute Gasteiger partial charge is 0.361 e. The Kier molecular flexibility index (Phi) is 7.07. The second kappa shape index (κ2) is 9.73. The van der Waals surface area contributed by atoms with Gasteiger partial charge in [-0.25, -0.2) is 4.79 Å². The molecule has 2 aromatic heterocycles. The van der Waals surface area contributed by atoms with Crippen molar-refractivity contribution in [2.24, 2.45) is 0 Å². The number of carbonyl (C=O) groups excluding carboxylic acids is 1. The SMILES string of the molecule is CCn1cc(NC(=S)Nc2cnn(Cc3ccccc3Cl)c2)c(C(=O)OC(C)C)n1. The van der Waals surface area contributed by atoms with Crippen LogP contribution in [-0.4, -0.2) is 36.7 Å². The van der Waals surface area contributed by atoms with E-state index in [0.29, 0.717) is 34.6 Å². The zero-order valence-corrected chi connectivity index (χ0v) is 18.5. The lowest BCUT2D eigenvalue weighted by molar-refractivity contribution is 0.0371. The molecule has 3 aromatic rings. The first-order chi connectivity index (χ1) is 14.4. The first-order valence-corrected chi connectivity index (χ1v) is 10.3. The lowest BCUT2D eigenvalue weighted by Crippen LogP contribution is -2.21. The number of hydrogen-bond donors (Lipinski definition) is 2. The van der Waals surface area contributed by atoms with Crippen LogP contribution in [0.5, 0.6) is 0 Å². The molecule has 0 saturated carbocycles. The minimum atomic E-state index is -0.505. The molecule has 0 fully saturated rings. The summed E-state index contributed by atoms with van der Waals surface area (Å²) < 4.78 is 8.66. The molecule has 0 spiro atoms. The van der Waals surface area contributed by atoms with Gasteiger partial charge in [0.25, 0.3) is 0 Å². The van der Waals surface area contributed by atoms with Gasteiger partial charge in [-0.3, -0.25) is 9.36 Å². The fourth-order valence-corrected chi connectivity index (χ4v) is 3.12. The van der Waals surface area contributed by atoms with E-state index in [1.54, 1.807) is 35.6 Å². The number of rotatable bonds is 7. The Hall–Kier alpha value is -2.91. The van der Waals surface area contributed by atoms with Gasteiger partial charge in [-0.2, -0.15) is 10.2 Å². The number of ether oxygens (including phenoxy) is 1. The Morgan fingerprint density at radius 1 is 1.23 bits per heavy atom. The van der Waals surface area contributed by atoms with E-state index in [2.05, 4.69) is 20.8 Å². The Bertz CT molecular complexity index is 1050. The van der Waals surface area contributed by atoms with E-state index >= 15 is 0 Å². The monoisotopic (exact) mass is 446 g/mol. The third-order valence-corrected chi connectivity index (χ3v) is 4.62. The molecule has 158 valence electrons. The third kappa shape index (κ3) is 5.58. The second-order valence-electron chi connectivity index (χ2n) is 6.80. The lowest BCUT2D eigenvalue weighted by Gasteiger charge is -2.10. The predicted octanol–water partition coefficient (Wildman–Crippen LogP) is 4.18. The minimum Gasteiger partial charge on any atom is -0.458 e. The van der Waals surface area contributed by atoms with Gasteiger partial charge in [0.15, 0.2) is 10.8 Å². The van der Waals surface area contributed by atoms with Crippen LogP contribution in [-0.2, 0) is 17.8 Å². The highest BCUT2D eigenvalue weighted by molar-refractivity contribution is 7.80. The number of aryl methyl sites for hydroxylation is 1. The number of nitrogens with zero attached hydrogens (tertiary/aromatic N) is 4. The zero-order chi connectivity index (χ0) is 21.7. The fourth-order valence-electron chi connectivity index (χ4n) is 2.70. The maximum atomic E-state index is 12.3. The van der Waals surface area contributed by atoms with Crippen molar-refractivity contribution < 1.29 is 9.53 Å². The molecule has 0 radical (unpaired) electrons. The molecule has 0 atom stereocenters. The van der Waals surface area contributed by atoms with Crippen molar-refractivity contribution in [3.05, 3.63) is 59.1 Å². The molecule has 1 aromatic carbocycles. The first-order valence-electron chi connectivity index (χ1n) is 9.48. The number of benzene rings is 1. The minimum absolute atomic E-state index is 0.184. The number of thiocarbonyl (C=S) groups is 1. The molecule has 0 bridgehead atoms. The van der Waals surface area contributed by atoms with Crippen LogP contribution in [0.3, 0.4) is 0 Å². The molecule has 8 nitrogen and oxygen atoms in total. The molecule has 3 rings (SSSR count). The van der Waals surface area contributed by atoms with Crippen LogP contribution in [0.4, 0.5) is 11.4 Å². The Balaban J connectivity index is 1.66. The topological polar surface area (TPSA) is 86.0 Å². The molecular formula is C20H23ClN6O2S. The zero-order valence-electron chi connectivity index (χ0n) is 16.9. The molecule has 2 heterocycles. The summed E-state index contributed by atoms with van der Waals surface area (Å²) in [5.74, 6) is -0.505. The number of carbonyl (C=O) groups is 1. The summed E-state index contributed by atoms with van der Waals surface area (Å²) in [6.45, 7) is 6.65. The summed E-state index contributed by atoms with van der Waals surface area (Å²) >= 11 is 11.6. The van der Waals surface area contributed by atoms with Crippen molar-refractivity contribution in [3.8, 4) is 0 Å². The van der Waals surface area contributed by atoms with Crippen LogP contribution in [0, 0.1) is 0 Å². The van der Waals surface area contributed by atoms with E-state index in [1.165, 1.54) is 0 Å². The number of anilines is 2. The Morgan fingerprint density at radius 3 is 2.70 bits per heavy atom. The average Bonchev–Trinajstić information content (AvgIpc) is 3.29. The summed E-state index contributed by atoms with van der Waals surface area (Å²) in [4.78, 5) is 12.3. The van der Waals surface area contributed by atoms with Gasteiger partial charge in [0.1, 0.15) is 0 Å². The summed E-state index contributed by atoms with van der Waals surface area (Å²) in [7, 11) is 0. The van der Waals surface area contributed by atoms with Gasteiger partial charge in [0.2, 0.25) is 0 Å². The molecule has 30 heavy (non-hydrogen) atoms. The number of hydrogen-bond acceptors (Lipinski definition) is 5. The molecule has 0 aliphatic heterocycles. The van der Waals surface area contributed by atoms with Crippen molar-refractivity contribution in [1.29, 1.82) is 0 Å². The summed E-state index contributed by atoms with van der Waals surface area (Å²) in [5.41, 5.74) is 2.33. The summed E-state index contributed by atoms with van der Waals surface area (Å²) in [5, 5.41) is 15.7. The van der Waals surface area contributed by atoms with Crippen molar-refractivity contribution in [2.45, 2.75) is 40.0 Å². The first kappa shape index (κ1) is 21.8. The largest absolute Gasteiger partial charge is 0.458 e. The summed E-state index contributed by atoms with van der Waals surface area (Å²) in [6, 6.07) is 7.61. The number of halogens is 1. The van der Waals surface area contributed by atoms with Crippen molar-refractivity contribution in [3.63, 3.8) is 0 Å². The predicted molar refractivity (Wildman–Crippen MR) is 121 cm³/mol. The molecule has 0 saturated heterocycles. The maximum Gasteiger partial charge on any atom is 0.361 e. The molecular weight excluding hydrogens is 424 g/mol. The third-order valence-electron chi connectivity index (χ3n) is 4.05. The summed E-state index contributed by atoms with van der Waals surface area (Å²) in [6.07, 6.45) is 4.95. The van der Waals surface area contributed by atoms with Gasteiger partial charge >= 0.3 is 5.97 Å². The molecule has 0 unspecified atom stereocenters. The van der Waals surface area contributed by atoms with Crippen LogP contribution in [0.1, 0.15) is 36.8 Å². The highest BCUT2D eigenvalue weighted by Gasteiger charge is 2.20. The van der Waals surface area contributed by atoms with Crippen LogP contribution in [0.15, 0.2) is 42.9 Å². The number of aromatic nitrogens is 4. The molecule has 2 N–H and O–H groups in total. The van der Waals surface area contributed by atoms with Gasteiger partial charge in [0.05, 0.1) is 30.2 Å². The van der Waals surface area contributed by atoms with Crippen molar-refractivity contribution in [2.75, 3.05) is 10.6 Å². The van der Waals surface area contributed by atoms with Crippen LogP contribution in [0.25, 0.3) is 0 Å². The fraction of sp³-hybridized carbons (Fsp3) is 0.300. The van der Waals surface area contributed by atoms with E-state index in [9.17, 15) is 4.79 Å². The average molecular weight is 447 g/mol. The molecule has 0 aliphatic rings. The van der Waals surface area contributed by atoms with Gasteiger partial charge in [-0.05, 0) is 44.6 Å². The van der Waals surface area contributed by atoms with E-state index < -0.39 is 5.97 Å². The second-order valence-corrected chi connectivity index (χ2v) is 7.61. The van der Waals surface area contributed by atoms with Crippen molar-refractivity contribution >= 4 is 46.3 Å². The van der Waals surface area contributed by atoms with Gasteiger partial charge in [-0.15, -0.1) is 0 Å². The highest BCUT2D eigenvalue weighted by Crippen LogP contribution is 2.18. The van der Waals surface area contributed by atoms with E-state index in [4.69, 9.17) is 28.6 Å². The van der Waals surface area contributed by atoms with Crippen LogP contribution < -0.4 is 10.6 Å². The van der Waals surface area contributed by atoms with Crippen LogP contribution in [0.2, 0.25) is 5.02 Å². The van der Waals surface area contributed by atoms with E-state index in [0.717, 1.165) is 5.56 Å². The standard InChI is InChI=1S/C20H23ClN6O2S/c1-4-26-12-17(18(25-26)19(28)29-13(2)3)24-20(30)23-15-9-22-27(11-15)10-14-7-5-6-8-16(14)21/h5-9,11-13H,4,10H2,1-3H3,(H2,23,24,30). The normalized spacial score (nSPS) is 10.8. The number of nitrogens with one attached hydrogen (secondary N) is 2. The quantitative estimate of drug-likeness (QED) is 0.416. The lowest BCUT2D eigenvalue weighted by atomic mass is 10.2. The molecule has 0 aliphatic carbocycles. The van der Waals surface area contributed by atoms with E-state index in [-0.39, 0.29) is 11.8 Å². The van der Waals surface area contributed by atoms with Gasteiger partial charge < -0.3 is 15.4 Å². The van der Waals surface area contributed by atoms with E-state index in [1.807, 2.05) is 37.4 Å². The molecule has 10 heteroatoms. The Labute approximate surface area is 185 Å². The van der Waals surface area contributed by atoms with Crippen molar-refractivity contribution in [1.82, 2.24) is 19.6 Å². The Morgan fingerprint density at radius 2 is 2.00 bits per heavy atom. The molecule has 0 amide bonds. The highest BCUT2D eigenvalue weighted by atomic mass is 35.5. The van der Waals surface area contributed by atoms with Crippen LogP contribution >= 0.6 is 23.8 Å². The van der Waals surface area contributed by atoms with Gasteiger partial charge in [0, 0.05) is 24.0 Å². The maximum absolute atomic E-state index is 12.3.